The van der Waals surface area contributed by atoms with Gasteiger partial charge in [-0.3, -0.25) is 4.79 Å². The Labute approximate surface area is 326 Å². The van der Waals surface area contributed by atoms with Crippen molar-refractivity contribution in [3.63, 3.8) is 0 Å². The van der Waals surface area contributed by atoms with Crippen LogP contribution in [0.3, 0.4) is 0 Å². The van der Waals surface area contributed by atoms with Crippen LogP contribution in [0.2, 0.25) is 0 Å². The number of carboxylic acid groups (broad SMARTS) is 1. The Hall–Kier alpha value is -1.86. The highest BCUT2D eigenvalue weighted by Crippen LogP contribution is 2.40. The number of hydrogen-bond acceptors (Lipinski definition) is 23. The molecule has 0 saturated carbocycles. The topological polar surface area (TPSA) is 392 Å². The fourth-order valence-corrected chi connectivity index (χ4v) is 7.17. The molecule has 0 aliphatic carbocycles. The van der Waals surface area contributed by atoms with E-state index < -0.39 is 166 Å². The molecule has 14 N–H and O–H groups in total. The summed E-state index contributed by atoms with van der Waals surface area (Å²) >= 11 is 0. The van der Waals surface area contributed by atoms with Crippen molar-refractivity contribution in [2.24, 2.45) is 11.7 Å². The third-order valence-electron chi connectivity index (χ3n) is 10.5. The molecule has 7 unspecified atom stereocenters. The second-order valence-corrected chi connectivity index (χ2v) is 14.6. The first-order valence-corrected chi connectivity index (χ1v) is 18.6. The first-order valence-electron chi connectivity index (χ1n) is 18.6. The lowest BCUT2D eigenvalue weighted by molar-refractivity contribution is -0.414. The maximum Gasteiger partial charge on any atom is 0.217 e. The number of rotatable bonds is 17. The van der Waals surface area contributed by atoms with Gasteiger partial charge >= 0.3 is 0 Å². The fraction of sp³-hybridized carbons (Fsp3) is 0.939. The van der Waals surface area contributed by atoms with Gasteiger partial charge in [-0.2, -0.15) is 0 Å². The summed E-state index contributed by atoms with van der Waals surface area (Å²) in [6.07, 6.45) is -32.4. The number of aliphatic hydroxyl groups is 11. The molecule has 57 heavy (non-hydrogen) atoms. The summed E-state index contributed by atoms with van der Waals surface area (Å²) in [5.41, 5.74) is 5.60. The first-order chi connectivity index (χ1) is 26.9. The summed E-state index contributed by atoms with van der Waals surface area (Å²) in [4.78, 5) is 25.2. The maximum atomic E-state index is 12.7. The molecule has 4 rings (SSSR count). The summed E-state index contributed by atoms with van der Waals surface area (Å²) in [5.74, 6) is -6.96. The molecule has 0 radical (unpaired) electrons. The van der Waals surface area contributed by atoms with Crippen LogP contribution in [0.1, 0.15) is 33.6 Å². The molecule has 0 aromatic carbocycles. The zero-order valence-corrected chi connectivity index (χ0v) is 31.5. The lowest BCUT2D eigenvalue weighted by atomic mass is 9.84. The van der Waals surface area contributed by atoms with E-state index >= 15 is 0 Å². The van der Waals surface area contributed by atoms with Gasteiger partial charge in [0.05, 0.1) is 44.7 Å². The van der Waals surface area contributed by atoms with Crippen LogP contribution in [0.25, 0.3) is 0 Å². The third-order valence-corrected chi connectivity index (χ3v) is 10.5. The zero-order valence-electron chi connectivity index (χ0n) is 31.5. The number of carbonyl (C=O) groups is 2. The Morgan fingerprint density at radius 1 is 0.842 bits per heavy atom. The highest BCUT2D eigenvalue weighted by Gasteiger charge is 2.58. The van der Waals surface area contributed by atoms with Crippen molar-refractivity contribution in [2.75, 3.05) is 33.0 Å². The van der Waals surface area contributed by atoms with Crippen molar-refractivity contribution in [3.8, 4) is 0 Å². The SMILES string of the molecule is CC(=O)NC1[C@H](OCCCN)OC(CO)[C@@H](O[C@@H]2O[C@@H](CO)[C@H](O)C(O[C@]3(C(=O)[O-])C[C@@H](O)[C@@H](C)C([C@H](O)[C@H](O)CO)O3)C2O)[C@@H]1O[C@@H]1OC(C)[C@@H](O)[C@H](O)C1O. The van der Waals surface area contributed by atoms with Crippen molar-refractivity contribution < 1.29 is 109 Å². The molecule has 4 aliphatic rings. The van der Waals surface area contributed by atoms with Gasteiger partial charge in [-0.15, -0.1) is 0 Å². The summed E-state index contributed by atoms with van der Waals surface area (Å²) in [7, 11) is 0. The molecule has 332 valence electrons. The first kappa shape index (κ1) is 47.8. The minimum atomic E-state index is -3.06. The van der Waals surface area contributed by atoms with Gasteiger partial charge in [-0.1, -0.05) is 6.92 Å². The molecule has 0 aromatic heterocycles. The number of nitrogens with two attached hydrogens (primary N) is 1. The van der Waals surface area contributed by atoms with E-state index in [0.717, 1.165) is 6.92 Å². The number of carbonyl (C=O) groups excluding carboxylic acids is 2. The molecule has 0 bridgehead atoms. The Bertz CT molecular complexity index is 1290. The molecule has 24 heteroatoms. The van der Waals surface area contributed by atoms with Crippen molar-refractivity contribution in [1.82, 2.24) is 5.32 Å². The molecule has 0 spiro atoms. The number of aliphatic hydroxyl groups excluding tert-OH is 11. The van der Waals surface area contributed by atoms with Gasteiger partial charge in [0.1, 0.15) is 85.3 Å². The van der Waals surface area contributed by atoms with E-state index in [9.17, 15) is 70.9 Å². The molecular formula is C33H57N2O22-. The molecular weight excluding hydrogens is 776 g/mol. The van der Waals surface area contributed by atoms with Crippen LogP contribution in [0.4, 0.5) is 0 Å². The van der Waals surface area contributed by atoms with Crippen LogP contribution < -0.4 is 16.2 Å². The van der Waals surface area contributed by atoms with Crippen molar-refractivity contribution in [2.45, 2.75) is 156 Å². The summed E-state index contributed by atoms with van der Waals surface area (Å²) in [6.45, 7) is 1.14. The maximum absolute atomic E-state index is 12.7. The van der Waals surface area contributed by atoms with Crippen LogP contribution in [0.15, 0.2) is 0 Å². The zero-order chi connectivity index (χ0) is 42.5. The van der Waals surface area contributed by atoms with Crippen LogP contribution in [-0.4, -0.2) is 223 Å². The number of hydrogen-bond donors (Lipinski definition) is 13. The normalized spacial score (nSPS) is 45.2. The molecule has 1 amide bonds. The van der Waals surface area contributed by atoms with Crippen LogP contribution in [0.5, 0.6) is 0 Å². The molecule has 0 aromatic rings. The number of aliphatic carboxylic acids is 1. The van der Waals surface area contributed by atoms with Gasteiger partial charge in [0.25, 0.3) is 0 Å². The highest BCUT2D eigenvalue weighted by atomic mass is 16.8. The number of ether oxygens (including phenoxy) is 8. The van der Waals surface area contributed by atoms with Gasteiger partial charge in [0.15, 0.2) is 18.9 Å². The Morgan fingerprint density at radius 3 is 2.04 bits per heavy atom. The number of nitrogens with one attached hydrogen (secondary N) is 1. The van der Waals surface area contributed by atoms with E-state index in [1.807, 2.05) is 0 Å². The van der Waals surface area contributed by atoms with Gasteiger partial charge in [0, 0.05) is 19.3 Å². The lowest BCUT2D eigenvalue weighted by Gasteiger charge is -2.52. The number of amides is 1. The third kappa shape index (κ3) is 10.5. The predicted octanol–water partition coefficient (Wildman–Crippen LogP) is -9.06. The molecule has 4 heterocycles. The molecule has 4 fully saturated rings. The van der Waals surface area contributed by atoms with E-state index in [2.05, 4.69) is 5.32 Å². The van der Waals surface area contributed by atoms with Crippen molar-refractivity contribution in [3.05, 3.63) is 0 Å². The van der Waals surface area contributed by atoms with Gasteiger partial charge in [-0.05, 0) is 19.9 Å². The molecule has 24 nitrogen and oxygen atoms in total. The van der Waals surface area contributed by atoms with Gasteiger partial charge in [-0.25, -0.2) is 0 Å². The largest absolute Gasteiger partial charge is 0.544 e. The van der Waals surface area contributed by atoms with E-state index in [-0.39, 0.29) is 13.2 Å². The summed E-state index contributed by atoms with van der Waals surface area (Å²) in [6, 6.07) is -1.40. The smallest absolute Gasteiger partial charge is 0.217 e. The highest BCUT2D eigenvalue weighted by molar-refractivity contribution is 5.74. The van der Waals surface area contributed by atoms with Gasteiger partial charge < -0.3 is 115 Å². The summed E-state index contributed by atoms with van der Waals surface area (Å²) < 4.78 is 46.6. The monoisotopic (exact) mass is 833 g/mol. The molecule has 4 saturated heterocycles. The van der Waals surface area contributed by atoms with Gasteiger partial charge in [0.2, 0.25) is 11.7 Å². The lowest BCUT2D eigenvalue weighted by Crippen LogP contribution is -2.71. The Balaban J connectivity index is 1.72. The molecule has 4 aliphatic heterocycles. The van der Waals surface area contributed by atoms with Crippen LogP contribution in [-0.2, 0) is 47.5 Å². The second-order valence-electron chi connectivity index (χ2n) is 14.6. The predicted molar refractivity (Wildman–Crippen MR) is 179 cm³/mol. The van der Waals surface area contributed by atoms with E-state index in [1.54, 1.807) is 0 Å². The van der Waals surface area contributed by atoms with Crippen LogP contribution >= 0.6 is 0 Å². The minimum Gasteiger partial charge on any atom is -0.544 e. The molecule has 21 atom stereocenters. The van der Waals surface area contributed by atoms with Crippen LogP contribution in [0, 0.1) is 5.92 Å². The standard InChI is InChI=1S/C33H58N2O22/c1-11-14(40)7-33(32(48)49,56-25(11)20(43)15(41)8-36)57-28-21(44)16(9-37)52-31(24(28)47)54-26-17(10-38)53-29(50-6-4-5-34)18(35-13(3)39)27(26)55-30-23(46)22(45)19(42)12(2)51-30/h11-12,14-31,36-38,40-47H,4-10,34H2,1-3H3,(H,35,39)(H,48,49)/p-1/t11-,12?,14-,15-,16+,17?,18?,19-,20-,21+,22+,23?,24?,25?,26-,27-,28?,29-,30+,31+,33+/m1/s1. The fourth-order valence-electron chi connectivity index (χ4n) is 7.17. The Kier molecular flexibility index (Phi) is 17.3. The number of carboxylic acids is 1. The quantitative estimate of drug-likeness (QED) is 0.0605. The summed E-state index contributed by atoms with van der Waals surface area (Å²) in [5, 5.41) is 131. The average molecular weight is 834 g/mol. The Morgan fingerprint density at radius 2 is 1.46 bits per heavy atom. The second kappa shape index (κ2) is 20.6. The minimum absolute atomic E-state index is 0.0236. The van der Waals surface area contributed by atoms with E-state index in [1.165, 1.54) is 13.8 Å². The van der Waals surface area contributed by atoms with Crippen molar-refractivity contribution in [1.29, 1.82) is 0 Å². The van der Waals surface area contributed by atoms with Crippen molar-refractivity contribution >= 4 is 11.9 Å². The van der Waals surface area contributed by atoms with E-state index in [0.29, 0.717) is 6.42 Å². The average Bonchev–Trinajstić information content (AvgIpc) is 3.17. The van der Waals surface area contributed by atoms with E-state index in [4.69, 9.17) is 43.6 Å².